The molecule has 6 nitrogen and oxygen atoms in total. The van der Waals surface area contributed by atoms with E-state index >= 15 is 0 Å². The van der Waals surface area contributed by atoms with Gasteiger partial charge in [-0.2, -0.15) is 5.10 Å². The normalized spacial score (nSPS) is 18.9. The highest BCUT2D eigenvalue weighted by molar-refractivity contribution is 6.32. The van der Waals surface area contributed by atoms with E-state index < -0.39 is 10.8 Å². The summed E-state index contributed by atoms with van der Waals surface area (Å²) in [4.78, 5) is 22.4. The lowest BCUT2D eigenvalue weighted by Gasteiger charge is -2.22. The van der Waals surface area contributed by atoms with Crippen molar-refractivity contribution in [2.24, 2.45) is 11.0 Å². The molecule has 7 heteroatoms. The van der Waals surface area contributed by atoms with Crippen LogP contribution < -0.4 is 5.43 Å². The minimum atomic E-state index is -0.628. The fourth-order valence-electron chi connectivity index (χ4n) is 2.40. The van der Waals surface area contributed by atoms with E-state index in [-0.39, 0.29) is 16.3 Å². The molecule has 0 fully saturated rings. The van der Waals surface area contributed by atoms with Crippen LogP contribution in [-0.4, -0.2) is 16.5 Å². The third-order valence-corrected chi connectivity index (χ3v) is 4.32. The molecular weight excluding hydrogens is 330 g/mol. The Balaban J connectivity index is 2.16. The van der Waals surface area contributed by atoms with Crippen molar-refractivity contribution in [2.45, 2.75) is 26.7 Å². The van der Waals surface area contributed by atoms with Crippen molar-refractivity contribution in [3.8, 4) is 0 Å². The number of benzene rings is 1. The Bertz CT molecular complexity index is 768. The van der Waals surface area contributed by atoms with Gasteiger partial charge in [-0.15, -0.1) is 0 Å². The number of nitro groups is 1. The van der Waals surface area contributed by atoms with Gasteiger partial charge in [0.2, 0.25) is 0 Å². The van der Waals surface area contributed by atoms with Crippen molar-refractivity contribution < 1.29 is 9.72 Å². The standard InChI is InChI=1S/C17H18ClN3O3/c1-10(2)12-5-4-11(3)15(8-12)19-20-17(22)13-6-7-14(18)16(9-13)21(23)24/h4,6-7,9,12H,1,5,8H2,2-3H3,(H,20,22)/b19-15-/t12-/m1/s1. The first kappa shape index (κ1) is 17.9. The van der Waals surface area contributed by atoms with Crippen LogP contribution in [0.15, 0.2) is 47.1 Å². The molecule has 0 aliphatic heterocycles. The van der Waals surface area contributed by atoms with E-state index in [4.69, 9.17) is 11.6 Å². The van der Waals surface area contributed by atoms with Crippen molar-refractivity contribution in [2.75, 3.05) is 0 Å². The molecular formula is C17H18ClN3O3. The number of halogens is 1. The summed E-state index contributed by atoms with van der Waals surface area (Å²) in [6, 6.07) is 3.88. The molecule has 1 amide bonds. The number of hydrazone groups is 1. The fraction of sp³-hybridized carbons (Fsp3) is 0.294. The number of carbonyl (C=O) groups is 1. The maximum atomic E-state index is 12.2. The number of amides is 1. The molecule has 2 rings (SSSR count). The van der Waals surface area contributed by atoms with Crippen LogP contribution in [0.1, 0.15) is 37.0 Å². The quantitative estimate of drug-likeness (QED) is 0.501. The Kier molecular flexibility index (Phi) is 5.51. The predicted octanol–water partition coefficient (Wildman–Crippen LogP) is 4.27. The monoisotopic (exact) mass is 347 g/mol. The molecule has 0 spiro atoms. The number of allylic oxidation sites excluding steroid dienone is 3. The van der Waals surface area contributed by atoms with Gasteiger partial charge in [0.1, 0.15) is 5.02 Å². The first-order chi connectivity index (χ1) is 11.3. The lowest BCUT2D eigenvalue weighted by atomic mass is 9.85. The van der Waals surface area contributed by atoms with Crippen LogP contribution >= 0.6 is 11.6 Å². The number of nitro benzene ring substituents is 1. The molecule has 1 aliphatic rings. The molecule has 0 unspecified atom stereocenters. The van der Waals surface area contributed by atoms with Gasteiger partial charge in [-0.3, -0.25) is 14.9 Å². The first-order valence-corrected chi connectivity index (χ1v) is 7.80. The molecule has 0 heterocycles. The second-order valence-corrected chi connectivity index (χ2v) is 6.20. The van der Waals surface area contributed by atoms with Gasteiger partial charge in [0.15, 0.2) is 0 Å². The zero-order valence-corrected chi connectivity index (χ0v) is 14.3. The zero-order chi connectivity index (χ0) is 17.9. The zero-order valence-electron chi connectivity index (χ0n) is 13.5. The summed E-state index contributed by atoms with van der Waals surface area (Å²) in [5.41, 5.74) is 5.14. The van der Waals surface area contributed by atoms with E-state index in [1.54, 1.807) is 0 Å². The summed E-state index contributed by atoms with van der Waals surface area (Å²) in [5, 5.41) is 15.1. The minimum absolute atomic E-state index is 0.0155. The number of nitrogens with one attached hydrogen (secondary N) is 1. The second kappa shape index (κ2) is 7.40. The minimum Gasteiger partial charge on any atom is -0.267 e. The third-order valence-electron chi connectivity index (χ3n) is 4.00. The van der Waals surface area contributed by atoms with Crippen LogP contribution in [0.3, 0.4) is 0 Å². The number of carbonyl (C=O) groups excluding carboxylic acids is 1. The molecule has 1 N–H and O–H groups in total. The van der Waals surface area contributed by atoms with Gasteiger partial charge in [-0.1, -0.05) is 29.8 Å². The van der Waals surface area contributed by atoms with Crippen molar-refractivity contribution in [3.05, 3.63) is 62.7 Å². The summed E-state index contributed by atoms with van der Waals surface area (Å²) in [7, 11) is 0. The summed E-state index contributed by atoms with van der Waals surface area (Å²) < 4.78 is 0. The summed E-state index contributed by atoms with van der Waals surface area (Å²) in [5.74, 6) is -0.214. The van der Waals surface area contributed by atoms with E-state index in [1.165, 1.54) is 12.1 Å². The van der Waals surface area contributed by atoms with E-state index in [0.717, 1.165) is 29.3 Å². The Morgan fingerprint density at radius 2 is 2.21 bits per heavy atom. The van der Waals surface area contributed by atoms with Crippen LogP contribution in [0.5, 0.6) is 0 Å². The molecule has 0 saturated carbocycles. The molecule has 1 aromatic carbocycles. The van der Waals surface area contributed by atoms with Gasteiger partial charge >= 0.3 is 0 Å². The fourth-order valence-corrected chi connectivity index (χ4v) is 2.59. The maximum absolute atomic E-state index is 12.2. The molecule has 0 saturated heterocycles. The van der Waals surface area contributed by atoms with Crippen LogP contribution in [-0.2, 0) is 0 Å². The van der Waals surface area contributed by atoms with Crippen LogP contribution in [0.25, 0.3) is 0 Å². The van der Waals surface area contributed by atoms with Crippen molar-refractivity contribution in [1.82, 2.24) is 5.43 Å². The van der Waals surface area contributed by atoms with Crippen molar-refractivity contribution in [1.29, 1.82) is 0 Å². The van der Waals surface area contributed by atoms with Gasteiger partial charge in [-0.25, -0.2) is 5.43 Å². The smallest absolute Gasteiger partial charge is 0.267 e. The Morgan fingerprint density at radius 1 is 1.50 bits per heavy atom. The molecule has 0 bridgehead atoms. The van der Waals surface area contributed by atoms with Gasteiger partial charge in [-0.05, 0) is 50.3 Å². The first-order valence-electron chi connectivity index (χ1n) is 7.43. The highest BCUT2D eigenvalue weighted by Gasteiger charge is 2.20. The Hall–Kier alpha value is -2.47. The molecule has 1 aromatic rings. The van der Waals surface area contributed by atoms with Crippen LogP contribution in [0.4, 0.5) is 5.69 Å². The van der Waals surface area contributed by atoms with Crippen molar-refractivity contribution >= 4 is 28.9 Å². The molecule has 0 radical (unpaired) electrons. The topological polar surface area (TPSA) is 84.6 Å². The SMILES string of the molecule is C=C(C)[C@@H]1CC=C(C)/C(=N\NC(=O)c2ccc(Cl)c([N+](=O)[O-])c2)C1. The maximum Gasteiger partial charge on any atom is 0.288 e. The third kappa shape index (κ3) is 4.08. The van der Waals surface area contributed by atoms with Gasteiger partial charge in [0, 0.05) is 11.6 Å². The second-order valence-electron chi connectivity index (χ2n) is 5.79. The number of nitrogens with zero attached hydrogens (tertiary/aromatic N) is 2. The summed E-state index contributed by atoms with van der Waals surface area (Å²) in [6.07, 6.45) is 3.69. The summed E-state index contributed by atoms with van der Waals surface area (Å²) >= 11 is 5.74. The average Bonchev–Trinajstić information content (AvgIpc) is 2.53. The van der Waals surface area contributed by atoms with Crippen LogP contribution in [0.2, 0.25) is 5.02 Å². The molecule has 0 aromatic heterocycles. The van der Waals surface area contributed by atoms with Gasteiger partial charge in [0.05, 0.1) is 10.6 Å². The molecule has 1 aliphatic carbocycles. The summed E-state index contributed by atoms with van der Waals surface area (Å²) in [6.45, 7) is 7.88. The van der Waals surface area contributed by atoms with Gasteiger partial charge < -0.3 is 0 Å². The number of hydrogen-bond acceptors (Lipinski definition) is 4. The largest absolute Gasteiger partial charge is 0.288 e. The molecule has 126 valence electrons. The Labute approximate surface area is 145 Å². The lowest BCUT2D eigenvalue weighted by molar-refractivity contribution is -0.384. The lowest BCUT2D eigenvalue weighted by Crippen LogP contribution is -2.23. The van der Waals surface area contributed by atoms with Crippen LogP contribution in [0, 0.1) is 16.0 Å². The average molecular weight is 348 g/mol. The number of rotatable bonds is 4. The van der Waals surface area contributed by atoms with E-state index in [1.807, 2.05) is 13.8 Å². The molecule has 24 heavy (non-hydrogen) atoms. The predicted molar refractivity (Wildman–Crippen MR) is 94.3 cm³/mol. The van der Waals surface area contributed by atoms with Crippen molar-refractivity contribution in [3.63, 3.8) is 0 Å². The van der Waals surface area contributed by atoms with E-state index in [9.17, 15) is 14.9 Å². The Morgan fingerprint density at radius 3 is 2.83 bits per heavy atom. The highest BCUT2D eigenvalue weighted by atomic mass is 35.5. The van der Waals surface area contributed by atoms with Gasteiger partial charge in [0.25, 0.3) is 11.6 Å². The van der Waals surface area contributed by atoms with E-state index in [0.29, 0.717) is 12.3 Å². The highest BCUT2D eigenvalue weighted by Crippen LogP contribution is 2.27. The number of hydrogen-bond donors (Lipinski definition) is 1. The molecule has 1 atom stereocenters. The van der Waals surface area contributed by atoms with E-state index in [2.05, 4.69) is 23.2 Å².